The first-order valence-corrected chi connectivity index (χ1v) is 10.0. The van der Waals surface area contributed by atoms with Crippen LogP contribution in [0.5, 0.6) is 0 Å². The van der Waals surface area contributed by atoms with Gasteiger partial charge in [0.2, 0.25) is 5.91 Å². The van der Waals surface area contributed by atoms with Crippen molar-refractivity contribution >= 4 is 39.9 Å². The van der Waals surface area contributed by atoms with Crippen LogP contribution in [0.3, 0.4) is 0 Å². The molecule has 0 bridgehead atoms. The Morgan fingerprint density at radius 3 is 2.27 bits per heavy atom. The van der Waals surface area contributed by atoms with E-state index in [0.717, 1.165) is 5.56 Å². The summed E-state index contributed by atoms with van der Waals surface area (Å²) in [6, 6.07) is 12.8. The Morgan fingerprint density at radius 1 is 1.00 bits per heavy atom. The molecule has 0 fully saturated rings. The highest BCUT2D eigenvalue weighted by Crippen LogP contribution is 2.25. The lowest BCUT2D eigenvalue weighted by atomic mass is 10.00. The van der Waals surface area contributed by atoms with Gasteiger partial charge in [0.25, 0.3) is 5.56 Å². The second kappa shape index (κ2) is 8.71. The third kappa shape index (κ3) is 4.24. The third-order valence-electron chi connectivity index (χ3n) is 5.18. The first-order chi connectivity index (χ1) is 14.2. The van der Waals surface area contributed by atoms with Crippen LogP contribution in [0.25, 0.3) is 10.8 Å². The number of nitrogens with one attached hydrogen (secondary N) is 1. The molecule has 0 saturated carbocycles. The van der Waals surface area contributed by atoms with E-state index >= 15 is 0 Å². The average molecular weight is 427 g/mol. The van der Waals surface area contributed by atoms with Crippen LogP contribution in [0.4, 0.5) is 5.69 Å². The number of nitrogens with zero attached hydrogens (tertiary/aromatic N) is 1. The molecule has 0 aliphatic heterocycles. The highest BCUT2D eigenvalue weighted by atomic mass is 35.5. The van der Waals surface area contributed by atoms with Gasteiger partial charge in [-0.2, -0.15) is 0 Å². The van der Waals surface area contributed by atoms with Gasteiger partial charge >= 0.3 is 5.97 Å². The monoisotopic (exact) mass is 426 g/mol. The summed E-state index contributed by atoms with van der Waals surface area (Å²) in [5, 5.41) is 13.9. The van der Waals surface area contributed by atoms with Crippen molar-refractivity contribution in [2.75, 3.05) is 5.32 Å². The minimum Gasteiger partial charge on any atom is -0.480 e. The number of benzene rings is 2. The van der Waals surface area contributed by atoms with Gasteiger partial charge in [-0.25, -0.2) is 4.79 Å². The summed E-state index contributed by atoms with van der Waals surface area (Å²) in [7, 11) is 0. The van der Waals surface area contributed by atoms with Gasteiger partial charge in [-0.3, -0.25) is 9.59 Å². The van der Waals surface area contributed by atoms with Crippen LogP contribution in [0, 0.1) is 5.92 Å². The maximum absolute atomic E-state index is 13.0. The topological polar surface area (TPSA) is 88.4 Å². The molecule has 2 atom stereocenters. The standard InChI is InChI=1S/C23H23ClN2O4/c1-13(2)20(23(29)30)26-12-11-17-18(22(26)28)5-4-6-19(17)25-21(27)14(3)15-7-9-16(24)10-8-15/h4-14,20H,1-3H3,(H,25,27)(H,29,30)/t14-,20?/m1/s1. The molecule has 2 aromatic carbocycles. The molecule has 1 heterocycles. The van der Waals surface area contributed by atoms with Crippen LogP contribution in [0.1, 0.15) is 38.3 Å². The van der Waals surface area contributed by atoms with Crippen LogP contribution >= 0.6 is 11.6 Å². The number of carbonyl (C=O) groups is 2. The zero-order valence-electron chi connectivity index (χ0n) is 16.9. The third-order valence-corrected chi connectivity index (χ3v) is 5.43. The van der Waals surface area contributed by atoms with E-state index in [1.165, 1.54) is 10.8 Å². The van der Waals surface area contributed by atoms with Crippen molar-refractivity contribution in [1.82, 2.24) is 4.57 Å². The number of aromatic nitrogens is 1. The summed E-state index contributed by atoms with van der Waals surface area (Å²) in [5.74, 6) is -1.97. The lowest BCUT2D eigenvalue weighted by Crippen LogP contribution is -2.32. The quantitative estimate of drug-likeness (QED) is 0.599. The van der Waals surface area contributed by atoms with Crippen LogP contribution in [0.2, 0.25) is 5.02 Å². The van der Waals surface area contributed by atoms with Crippen LogP contribution < -0.4 is 10.9 Å². The summed E-state index contributed by atoms with van der Waals surface area (Å²) in [5.41, 5.74) is 0.912. The molecule has 0 saturated heterocycles. The van der Waals surface area contributed by atoms with Gasteiger partial charge < -0.3 is 15.0 Å². The number of aliphatic carboxylic acids is 1. The fourth-order valence-corrected chi connectivity index (χ4v) is 3.62. The molecular formula is C23H23ClN2O4. The molecule has 1 unspecified atom stereocenters. The number of anilines is 1. The molecule has 30 heavy (non-hydrogen) atoms. The maximum Gasteiger partial charge on any atom is 0.327 e. The van der Waals surface area contributed by atoms with E-state index in [4.69, 9.17) is 11.6 Å². The van der Waals surface area contributed by atoms with E-state index in [1.807, 2.05) is 0 Å². The van der Waals surface area contributed by atoms with Gasteiger partial charge in [0.1, 0.15) is 6.04 Å². The number of pyridine rings is 1. The van der Waals surface area contributed by atoms with Gasteiger partial charge in [-0.1, -0.05) is 43.6 Å². The average Bonchev–Trinajstić information content (AvgIpc) is 2.70. The molecular weight excluding hydrogens is 404 g/mol. The van der Waals surface area contributed by atoms with Crippen molar-refractivity contribution in [3.63, 3.8) is 0 Å². The molecule has 3 aromatic rings. The number of carboxylic acid groups (broad SMARTS) is 1. The molecule has 0 spiro atoms. The Hall–Kier alpha value is -3.12. The van der Waals surface area contributed by atoms with Gasteiger partial charge in [0, 0.05) is 27.7 Å². The number of hydrogen-bond acceptors (Lipinski definition) is 3. The minimum absolute atomic E-state index is 0.223. The minimum atomic E-state index is -1.06. The number of carboxylic acids is 1. The molecule has 156 valence electrons. The summed E-state index contributed by atoms with van der Waals surface area (Å²) in [6.45, 7) is 5.30. The normalized spacial score (nSPS) is 13.2. The van der Waals surface area contributed by atoms with Crippen molar-refractivity contribution in [2.45, 2.75) is 32.7 Å². The number of amides is 1. The molecule has 0 radical (unpaired) electrons. The predicted molar refractivity (Wildman–Crippen MR) is 118 cm³/mol. The Labute approximate surface area is 179 Å². The zero-order chi connectivity index (χ0) is 22.0. The summed E-state index contributed by atoms with van der Waals surface area (Å²) < 4.78 is 1.23. The fraction of sp³-hybridized carbons (Fsp3) is 0.261. The zero-order valence-corrected chi connectivity index (χ0v) is 17.7. The van der Waals surface area contributed by atoms with Gasteiger partial charge in [-0.15, -0.1) is 0 Å². The molecule has 3 rings (SSSR count). The first-order valence-electron chi connectivity index (χ1n) is 9.63. The fourth-order valence-electron chi connectivity index (χ4n) is 3.49. The van der Waals surface area contributed by atoms with Crippen LogP contribution in [0.15, 0.2) is 59.5 Å². The van der Waals surface area contributed by atoms with E-state index in [2.05, 4.69) is 5.32 Å². The molecule has 7 heteroatoms. The lowest BCUT2D eigenvalue weighted by Gasteiger charge is -2.20. The number of hydrogen-bond donors (Lipinski definition) is 2. The molecule has 0 aliphatic rings. The van der Waals surface area contributed by atoms with Gasteiger partial charge in [-0.05, 0) is 48.7 Å². The largest absolute Gasteiger partial charge is 0.480 e. The SMILES string of the molecule is CC(C)C(C(=O)O)n1ccc2c(NC(=O)[C@H](C)c3ccc(Cl)cc3)cccc2c1=O. The van der Waals surface area contributed by atoms with Crippen molar-refractivity contribution in [3.05, 3.63) is 75.7 Å². The van der Waals surface area contributed by atoms with Crippen molar-refractivity contribution in [1.29, 1.82) is 0 Å². The highest BCUT2D eigenvalue weighted by molar-refractivity contribution is 6.30. The number of carbonyl (C=O) groups excluding carboxylic acids is 1. The van der Waals surface area contributed by atoms with E-state index < -0.39 is 23.5 Å². The Bertz CT molecular complexity index is 1150. The summed E-state index contributed by atoms with van der Waals surface area (Å²) in [4.78, 5) is 37.4. The van der Waals surface area contributed by atoms with Crippen LogP contribution in [-0.2, 0) is 9.59 Å². The number of halogens is 1. The molecule has 0 aliphatic carbocycles. The lowest BCUT2D eigenvalue weighted by molar-refractivity contribution is -0.142. The summed E-state index contributed by atoms with van der Waals surface area (Å²) in [6.07, 6.45) is 1.47. The van der Waals surface area contributed by atoms with E-state index in [9.17, 15) is 19.5 Å². The van der Waals surface area contributed by atoms with Gasteiger partial charge in [0.05, 0.1) is 5.92 Å². The van der Waals surface area contributed by atoms with Crippen molar-refractivity contribution in [2.24, 2.45) is 5.92 Å². The second-order valence-electron chi connectivity index (χ2n) is 7.58. The van der Waals surface area contributed by atoms with E-state index in [1.54, 1.807) is 69.3 Å². The molecule has 1 aromatic heterocycles. The first kappa shape index (κ1) is 21.6. The number of rotatable bonds is 6. The number of fused-ring (bicyclic) bond motifs is 1. The second-order valence-corrected chi connectivity index (χ2v) is 8.02. The Balaban J connectivity index is 1.97. The maximum atomic E-state index is 13.0. The van der Waals surface area contributed by atoms with E-state index in [-0.39, 0.29) is 11.8 Å². The molecule has 6 nitrogen and oxygen atoms in total. The van der Waals surface area contributed by atoms with E-state index in [0.29, 0.717) is 21.5 Å². The van der Waals surface area contributed by atoms with Gasteiger partial charge in [0.15, 0.2) is 0 Å². The molecule has 1 amide bonds. The summed E-state index contributed by atoms with van der Waals surface area (Å²) >= 11 is 5.91. The highest BCUT2D eigenvalue weighted by Gasteiger charge is 2.25. The van der Waals surface area contributed by atoms with Crippen molar-refractivity contribution < 1.29 is 14.7 Å². The Morgan fingerprint density at radius 2 is 1.67 bits per heavy atom. The van der Waals surface area contributed by atoms with Crippen LogP contribution in [-0.4, -0.2) is 21.6 Å². The van der Waals surface area contributed by atoms with Crippen molar-refractivity contribution in [3.8, 4) is 0 Å². The molecule has 2 N–H and O–H groups in total. The smallest absolute Gasteiger partial charge is 0.327 e. The predicted octanol–water partition coefficient (Wildman–Crippen LogP) is 4.68. The Kier molecular flexibility index (Phi) is 6.27.